The minimum Gasteiger partial charge on any atom is -0.326 e. The lowest BCUT2D eigenvalue weighted by Gasteiger charge is -2.30. The van der Waals surface area contributed by atoms with Crippen molar-refractivity contribution in [2.45, 2.75) is 19.8 Å². The van der Waals surface area contributed by atoms with Crippen LogP contribution in [0.5, 0.6) is 0 Å². The van der Waals surface area contributed by atoms with Gasteiger partial charge in [0.05, 0.1) is 12.2 Å². The Morgan fingerprint density at radius 3 is 2.76 bits per heavy atom. The maximum atomic E-state index is 12.3. The lowest BCUT2D eigenvalue weighted by atomic mass is 9.98. The van der Waals surface area contributed by atoms with Gasteiger partial charge in [-0.2, -0.15) is 0 Å². The summed E-state index contributed by atoms with van der Waals surface area (Å²) in [5.74, 6) is -0.461. The van der Waals surface area contributed by atoms with E-state index in [4.69, 9.17) is 11.6 Å². The van der Waals surface area contributed by atoms with Gasteiger partial charge in [-0.1, -0.05) is 11.6 Å². The molecular weight excluding hydrogens is 312 g/mol. The van der Waals surface area contributed by atoms with E-state index in [-0.39, 0.29) is 18.4 Å². The van der Waals surface area contributed by atoms with Crippen LogP contribution in [0.25, 0.3) is 0 Å². The Morgan fingerprint density at radius 1 is 1.43 bits per heavy atom. The molecule has 1 aliphatic rings. The number of halogens is 1. The fraction of sp³-hybridized carbons (Fsp3) is 0.500. The molecule has 21 heavy (non-hydrogen) atoms. The second-order valence-electron chi connectivity index (χ2n) is 5.41. The van der Waals surface area contributed by atoms with Gasteiger partial charge in [-0.3, -0.25) is 4.79 Å². The maximum absolute atomic E-state index is 12.3. The molecule has 1 heterocycles. The number of rotatable bonds is 3. The molecule has 0 aromatic heterocycles. The van der Waals surface area contributed by atoms with Gasteiger partial charge in [0.25, 0.3) is 0 Å². The molecule has 0 spiro atoms. The SMILES string of the molecule is Cc1cc(Cl)ccc1NC(=O)C1CCCN(S(C)(=O)=O)C1. The highest BCUT2D eigenvalue weighted by Crippen LogP contribution is 2.23. The summed E-state index contributed by atoms with van der Waals surface area (Å²) >= 11 is 5.89. The van der Waals surface area contributed by atoms with Crippen LogP contribution in [-0.4, -0.2) is 38.0 Å². The molecule has 0 aliphatic carbocycles. The summed E-state index contributed by atoms with van der Waals surface area (Å²) in [5, 5.41) is 3.48. The fourth-order valence-corrected chi connectivity index (χ4v) is 3.60. The molecule has 1 fully saturated rings. The Labute approximate surface area is 130 Å². The molecule has 1 aliphatic heterocycles. The zero-order valence-electron chi connectivity index (χ0n) is 12.1. The monoisotopic (exact) mass is 330 g/mol. The first-order valence-corrected chi connectivity index (χ1v) is 9.02. The van der Waals surface area contributed by atoms with Gasteiger partial charge in [0.2, 0.25) is 15.9 Å². The molecule has 1 amide bonds. The topological polar surface area (TPSA) is 66.5 Å². The van der Waals surface area contributed by atoms with Crippen LogP contribution in [0.4, 0.5) is 5.69 Å². The second-order valence-corrected chi connectivity index (χ2v) is 7.83. The van der Waals surface area contributed by atoms with Crippen molar-refractivity contribution in [3.63, 3.8) is 0 Å². The van der Waals surface area contributed by atoms with Gasteiger partial charge in [-0.25, -0.2) is 12.7 Å². The van der Waals surface area contributed by atoms with E-state index >= 15 is 0 Å². The van der Waals surface area contributed by atoms with Gasteiger partial charge in [0.15, 0.2) is 0 Å². The average molecular weight is 331 g/mol. The summed E-state index contributed by atoms with van der Waals surface area (Å²) in [6.45, 7) is 2.60. The molecule has 1 aromatic rings. The van der Waals surface area contributed by atoms with Crippen molar-refractivity contribution in [1.29, 1.82) is 0 Å². The number of carbonyl (C=O) groups excluding carboxylic acids is 1. The molecule has 1 atom stereocenters. The van der Waals surface area contributed by atoms with E-state index in [1.807, 2.05) is 6.92 Å². The zero-order valence-corrected chi connectivity index (χ0v) is 13.7. The summed E-state index contributed by atoms with van der Waals surface area (Å²) in [6, 6.07) is 5.25. The quantitative estimate of drug-likeness (QED) is 0.924. The lowest BCUT2D eigenvalue weighted by Crippen LogP contribution is -2.43. The number of amides is 1. The number of nitrogens with zero attached hydrogens (tertiary/aromatic N) is 1. The van der Waals surface area contributed by atoms with Crippen molar-refractivity contribution < 1.29 is 13.2 Å². The second kappa shape index (κ2) is 6.34. The van der Waals surface area contributed by atoms with Crippen molar-refractivity contribution in [2.24, 2.45) is 5.92 Å². The highest BCUT2D eigenvalue weighted by molar-refractivity contribution is 7.88. The normalized spacial score (nSPS) is 20.2. The van der Waals surface area contributed by atoms with E-state index in [0.29, 0.717) is 30.1 Å². The molecule has 116 valence electrons. The standard InChI is InChI=1S/C14H19ClN2O3S/c1-10-8-12(15)5-6-13(10)16-14(18)11-4-3-7-17(9-11)21(2,19)20/h5-6,8,11H,3-4,7,9H2,1-2H3,(H,16,18). The van der Waals surface area contributed by atoms with Crippen molar-refractivity contribution in [3.05, 3.63) is 28.8 Å². The van der Waals surface area contributed by atoms with E-state index in [1.54, 1.807) is 18.2 Å². The van der Waals surface area contributed by atoms with Gasteiger partial charge in [0.1, 0.15) is 0 Å². The van der Waals surface area contributed by atoms with Gasteiger partial charge in [0, 0.05) is 23.8 Å². The predicted octanol–water partition coefficient (Wildman–Crippen LogP) is 2.26. The van der Waals surface area contributed by atoms with Crippen LogP contribution < -0.4 is 5.32 Å². The number of anilines is 1. The van der Waals surface area contributed by atoms with Crippen molar-refractivity contribution in [3.8, 4) is 0 Å². The molecule has 1 unspecified atom stereocenters. The van der Waals surface area contributed by atoms with E-state index < -0.39 is 10.0 Å². The van der Waals surface area contributed by atoms with Crippen LogP contribution in [-0.2, 0) is 14.8 Å². The Hall–Kier alpha value is -1.11. The number of benzene rings is 1. The highest BCUT2D eigenvalue weighted by atomic mass is 35.5. The van der Waals surface area contributed by atoms with Gasteiger partial charge < -0.3 is 5.32 Å². The Kier molecular flexibility index (Phi) is 4.91. The van der Waals surface area contributed by atoms with E-state index in [0.717, 1.165) is 5.56 Å². The minimum atomic E-state index is -3.24. The minimum absolute atomic E-state index is 0.145. The number of nitrogens with one attached hydrogen (secondary N) is 1. The fourth-order valence-electron chi connectivity index (χ4n) is 2.46. The van der Waals surface area contributed by atoms with Crippen LogP contribution in [0, 0.1) is 12.8 Å². The third kappa shape index (κ3) is 4.18. The number of hydrogen-bond donors (Lipinski definition) is 1. The largest absolute Gasteiger partial charge is 0.326 e. The lowest BCUT2D eigenvalue weighted by molar-refractivity contribution is -0.120. The van der Waals surface area contributed by atoms with Crippen LogP contribution in [0.1, 0.15) is 18.4 Å². The van der Waals surface area contributed by atoms with Crippen molar-refractivity contribution in [2.75, 3.05) is 24.7 Å². The van der Waals surface area contributed by atoms with E-state index in [2.05, 4.69) is 5.32 Å². The smallest absolute Gasteiger partial charge is 0.228 e. The summed E-state index contributed by atoms with van der Waals surface area (Å²) in [7, 11) is -3.24. The van der Waals surface area contributed by atoms with E-state index in [1.165, 1.54) is 10.6 Å². The first-order chi connectivity index (χ1) is 9.77. The summed E-state index contributed by atoms with van der Waals surface area (Å²) in [6.07, 6.45) is 2.58. The Morgan fingerprint density at radius 2 is 2.14 bits per heavy atom. The summed E-state index contributed by atoms with van der Waals surface area (Å²) < 4.78 is 24.5. The molecule has 0 radical (unpaired) electrons. The first-order valence-electron chi connectivity index (χ1n) is 6.79. The number of carbonyl (C=O) groups is 1. The predicted molar refractivity (Wildman–Crippen MR) is 84.0 cm³/mol. The molecular formula is C14H19ClN2O3S. The van der Waals surface area contributed by atoms with Gasteiger partial charge in [-0.05, 0) is 43.5 Å². The molecule has 2 rings (SSSR count). The molecule has 5 nitrogen and oxygen atoms in total. The first kappa shape index (κ1) is 16.3. The van der Waals surface area contributed by atoms with Crippen LogP contribution in [0.3, 0.4) is 0 Å². The van der Waals surface area contributed by atoms with Gasteiger partial charge >= 0.3 is 0 Å². The third-order valence-corrected chi connectivity index (χ3v) is 5.18. The van der Waals surface area contributed by atoms with Crippen LogP contribution >= 0.6 is 11.6 Å². The molecule has 0 bridgehead atoms. The Bertz CT molecular complexity index is 646. The Balaban J connectivity index is 2.06. The molecule has 7 heteroatoms. The number of piperidine rings is 1. The molecule has 1 saturated heterocycles. The number of aryl methyl sites for hydroxylation is 1. The molecule has 0 saturated carbocycles. The molecule has 1 aromatic carbocycles. The van der Waals surface area contributed by atoms with E-state index in [9.17, 15) is 13.2 Å². The van der Waals surface area contributed by atoms with Gasteiger partial charge in [-0.15, -0.1) is 0 Å². The maximum Gasteiger partial charge on any atom is 0.228 e. The van der Waals surface area contributed by atoms with Crippen molar-refractivity contribution in [1.82, 2.24) is 4.31 Å². The third-order valence-electron chi connectivity index (χ3n) is 3.67. The van der Waals surface area contributed by atoms with Crippen LogP contribution in [0.15, 0.2) is 18.2 Å². The summed E-state index contributed by atoms with van der Waals surface area (Å²) in [4.78, 5) is 12.3. The molecule has 1 N–H and O–H groups in total. The van der Waals surface area contributed by atoms with Crippen LogP contribution in [0.2, 0.25) is 5.02 Å². The zero-order chi connectivity index (χ0) is 15.6. The average Bonchev–Trinajstić information content (AvgIpc) is 2.41. The summed E-state index contributed by atoms with van der Waals surface area (Å²) in [5.41, 5.74) is 1.59. The van der Waals surface area contributed by atoms with Crippen molar-refractivity contribution >= 4 is 33.2 Å². The number of sulfonamides is 1. The highest BCUT2D eigenvalue weighted by Gasteiger charge is 2.30. The number of hydrogen-bond acceptors (Lipinski definition) is 3.